The van der Waals surface area contributed by atoms with E-state index in [9.17, 15) is 14.4 Å². The van der Waals surface area contributed by atoms with Crippen LogP contribution in [0.1, 0.15) is 27.7 Å². The Kier molecular flexibility index (Phi) is 4.52. The molecule has 7 heteroatoms. The van der Waals surface area contributed by atoms with Gasteiger partial charge in [0, 0.05) is 26.9 Å². The molecule has 2 atom stereocenters. The van der Waals surface area contributed by atoms with Gasteiger partial charge in [-0.15, -0.1) is 0 Å². The van der Waals surface area contributed by atoms with E-state index >= 15 is 0 Å². The molecule has 0 aliphatic carbocycles. The zero-order valence-corrected chi connectivity index (χ0v) is 11.9. The molecule has 0 bridgehead atoms. The van der Waals surface area contributed by atoms with Gasteiger partial charge in [0.05, 0.1) is 6.54 Å². The van der Waals surface area contributed by atoms with Crippen LogP contribution in [0.5, 0.6) is 0 Å². The molecule has 0 radical (unpaired) electrons. The first-order valence-corrected chi connectivity index (χ1v) is 6.05. The van der Waals surface area contributed by atoms with Crippen molar-refractivity contribution in [3.8, 4) is 0 Å². The van der Waals surface area contributed by atoms with E-state index in [2.05, 4.69) is 5.32 Å². The first-order valence-electron chi connectivity index (χ1n) is 6.05. The molecule has 1 heterocycles. The Morgan fingerprint density at radius 2 is 1.95 bits per heavy atom. The van der Waals surface area contributed by atoms with Gasteiger partial charge < -0.3 is 14.8 Å². The molecule has 0 saturated carbocycles. The van der Waals surface area contributed by atoms with Crippen molar-refractivity contribution in [3.05, 3.63) is 0 Å². The molecule has 1 fully saturated rings. The molecule has 1 N–H and O–H groups in total. The Morgan fingerprint density at radius 1 is 1.37 bits per heavy atom. The lowest BCUT2D eigenvalue weighted by Crippen LogP contribution is -2.77. The number of rotatable bonds is 5. The van der Waals surface area contributed by atoms with Gasteiger partial charge in [0.1, 0.15) is 0 Å². The number of esters is 1. The monoisotopic (exact) mass is 272 g/mol. The highest BCUT2D eigenvalue weighted by Crippen LogP contribution is 2.29. The fourth-order valence-corrected chi connectivity index (χ4v) is 2.04. The van der Waals surface area contributed by atoms with Crippen LogP contribution in [0.3, 0.4) is 0 Å². The van der Waals surface area contributed by atoms with E-state index in [-0.39, 0.29) is 18.4 Å². The summed E-state index contributed by atoms with van der Waals surface area (Å²) in [4.78, 5) is 35.7. The predicted octanol–water partition coefficient (Wildman–Crippen LogP) is -0.147. The van der Waals surface area contributed by atoms with Crippen molar-refractivity contribution in [2.45, 2.75) is 39.6 Å². The summed E-state index contributed by atoms with van der Waals surface area (Å²) >= 11 is 0. The minimum atomic E-state index is -1.33. The van der Waals surface area contributed by atoms with Crippen LogP contribution in [0.25, 0.3) is 0 Å². The van der Waals surface area contributed by atoms with E-state index in [1.807, 2.05) is 13.8 Å². The summed E-state index contributed by atoms with van der Waals surface area (Å²) in [6.07, 6.45) is -0.651. The number of likely N-dealkylation sites (tertiary alicyclic amines) is 1. The normalized spacial score (nSPS) is 23.9. The number of nitrogens with one attached hydrogen (secondary N) is 1. The fraction of sp³-hybridized carbons (Fsp3) is 0.750. The Bertz CT molecular complexity index is 396. The molecule has 1 aliphatic heterocycles. The maximum Gasteiger partial charge on any atom is 0.304 e. The molecular formula is C12H20N2O5. The number of carbonyl (C=O) groups excluding carboxylic acids is 3. The van der Waals surface area contributed by atoms with E-state index in [0.717, 1.165) is 0 Å². The molecule has 1 saturated heterocycles. The van der Waals surface area contributed by atoms with Crippen molar-refractivity contribution in [1.29, 1.82) is 0 Å². The number of hydrogen-bond acceptors (Lipinski definition) is 5. The fourth-order valence-electron chi connectivity index (χ4n) is 2.04. The minimum absolute atomic E-state index is 0.0555. The van der Waals surface area contributed by atoms with Gasteiger partial charge in [0.2, 0.25) is 11.6 Å². The molecule has 1 rings (SSSR count). The Balaban J connectivity index is 2.81. The van der Waals surface area contributed by atoms with Crippen molar-refractivity contribution in [2.75, 3.05) is 13.7 Å². The van der Waals surface area contributed by atoms with Gasteiger partial charge in [0.15, 0.2) is 6.23 Å². The van der Waals surface area contributed by atoms with E-state index in [1.54, 1.807) is 0 Å². The lowest BCUT2D eigenvalue weighted by molar-refractivity contribution is -0.217. The van der Waals surface area contributed by atoms with Gasteiger partial charge in [-0.1, -0.05) is 13.8 Å². The van der Waals surface area contributed by atoms with Crippen molar-refractivity contribution >= 4 is 17.8 Å². The third kappa shape index (κ3) is 3.04. The standard InChI is InChI=1S/C12H20N2O5/c1-7(2)10(19-9(4)16)14-6-12(18-5,11(14)17)13-8(3)15/h7,10H,6H2,1-5H3,(H,13,15)/t10?,12-/m1/s1. The topological polar surface area (TPSA) is 84.9 Å². The van der Waals surface area contributed by atoms with Crippen molar-refractivity contribution in [3.63, 3.8) is 0 Å². The van der Waals surface area contributed by atoms with Gasteiger partial charge in [-0.05, 0) is 0 Å². The number of β-lactam (4-membered cyclic amide) rings is 1. The molecule has 0 aromatic rings. The highest BCUT2D eigenvalue weighted by molar-refractivity contribution is 5.95. The molecule has 108 valence electrons. The molecule has 0 aromatic carbocycles. The Hall–Kier alpha value is -1.63. The largest absolute Gasteiger partial charge is 0.441 e. The lowest BCUT2D eigenvalue weighted by atomic mass is 9.98. The smallest absolute Gasteiger partial charge is 0.304 e. The summed E-state index contributed by atoms with van der Waals surface area (Å²) in [6.45, 7) is 6.43. The molecule has 1 unspecified atom stereocenters. The average Bonchev–Trinajstić information content (AvgIpc) is 2.30. The summed E-state index contributed by atoms with van der Waals surface area (Å²) < 4.78 is 10.2. The van der Waals surface area contributed by atoms with Crippen molar-refractivity contribution in [2.24, 2.45) is 5.92 Å². The molecule has 2 amide bonds. The number of nitrogens with zero attached hydrogens (tertiary/aromatic N) is 1. The zero-order valence-electron chi connectivity index (χ0n) is 11.9. The number of hydrogen-bond donors (Lipinski definition) is 1. The Labute approximate surface area is 112 Å². The highest BCUT2D eigenvalue weighted by atomic mass is 16.6. The third-order valence-electron chi connectivity index (χ3n) is 2.89. The summed E-state index contributed by atoms with van der Waals surface area (Å²) in [7, 11) is 1.35. The quantitative estimate of drug-likeness (QED) is 0.427. The summed E-state index contributed by atoms with van der Waals surface area (Å²) in [5.74, 6) is -1.28. The first kappa shape index (κ1) is 15.4. The summed E-state index contributed by atoms with van der Waals surface area (Å²) in [5, 5.41) is 2.48. The molecule has 0 aromatic heterocycles. The second-order valence-electron chi connectivity index (χ2n) is 4.89. The minimum Gasteiger partial charge on any atom is -0.441 e. The van der Waals surface area contributed by atoms with Crippen LogP contribution in [0, 0.1) is 5.92 Å². The van der Waals surface area contributed by atoms with Crippen LogP contribution in [0.2, 0.25) is 0 Å². The van der Waals surface area contributed by atoms with Gasteiger partial charge in [-0.3, -0.25) is 19.3 Å². The molecule has 0 spiro atoms. The number of methoxy groups -OCH3 is 1. The molecule has 7 nitrogen and oxygen atoms in total. The summed E-state index contributed by atoms with van der Waals surface area (Å²) in [6, 6.07) is 0. The van der Waals surface area contributed by atoms with Gasteiger partial charge in [0.25, 0.3) is 5.91 Å². The number of amides is 2. The van der Waals surface area contributed by atoms with E-state index in [4.69, 9.17) is 9.47 Å². The maximum absolute atomic E-state index is 12.2. The molecular weight excluding hydrogens is 252 g/mol. The average molecular weight is 272 g/mol. The molecule has 1 aliphatic rings. The van der Waals surface area contributed by atoms with Gasteiger partial charge in [-0.2, -0.15) is 0 Å². The van der Waals surface area contributed by atoms with Crippen molar-refractivity contribution in [1.82, 2.24) is 10.2 Å². The van der Waals surface area contributed by atoms with Gasteiger partial charge in [-0.25, -0.2) is 0 Å². The third-order valence-corrected chi connectivity index (χ3v) is 2.89. The number of ether oxygens (including phenoxy) is 2. The molecule has 19 heavy (non-hydrogen) atoms. The van der Waals surface area contributed by atoms with Gasteiger partial charge >= 0.3 is 5.97 Å². The van der Waals surface area contributed by atoms with Crippen LogP contribution in [-0.2, 0) is 23.9 Å². The lowest BCUT2D eigenvalue weighted by Gasteiger charge is -2.50. The van der Waals surface area contributed by atoms with Crippen LogP contribution in [0.15, 0.2) is 0 Å². The van der Waals surface area contributed by atoms with Crippen LogP contribution >= 0.6 is 0 Å². The second-order valence-corrected chi connectivity index (χ2v) is 4.89. The van der Waals surface area contributed by atoms with Crippen molar-refractivity contribution < 1.29 is 23.9 Å². The predicted molar refractivity (Wildman–Crippen MR) is 65.7 cm³/mol. The number of carbonyl (C=O) groups is 3. The summed E-state index contributed by atoms with van der Waals surface area (Å²) in [5.41, 5.74) is -1.33. The van der Waals surface area contributed by atoms with E-state index in [0.29, 0.717) is 0 Å². The van der Waals surface area contributed by atoms with Crippen LogP contribution in [0.4, 0.5) is 0 Å². The Morgan fingerprint density at radius 3 is 2.26 bits per heavy atom. The zero-order chi connectivity index (χ0) is 14.8. The maximum atomic E-state index is 12.2. The SMILES string of the molecule is CO[C@]1(NC(C)=O)CN(C(OC(C)=O)C(C)C)C1=O. The second kappa shape index (κ2) is 5.56. The highest BCUT2D eigenvalue weighted by Gasteiger charge is 2.57. The van der Waals surface area contributed by atoms with Crippen LogP contribution in [-0.4, -0.2) is 48.3 Å². The van der Waals surface area contributed by atoms with E-state index < -0.39 is 23.8 Å². The van der Waals surface area contributed by atoms with Crippen LogP contribution < -0.4 is 5.32 Å². The van der Waals surface area contributed by atoms with E-state index in [1.165, 1.54) is 25.9 Å². The first-order chi connectivity index (χ1) is 8.73.